The molecule has 1 fully saturated rings. The Labute approximate surface area is 125 Å². The molecule has 1 aliphatic heterocycles. The van der Waals surface area contributed by atoms with Crippen LogP contribution in [0.3, 0.4) is 0 Å². The van der Waals surface area contributed by atoms with Gasteiger partial charge in [-0.1, -0.05) is 0 Å². The lowest BCUT2D eigenvalue weighted by Gasteiger charge is -2.35. The fourth-order valence-electron chi connectivity index (χ4n) is 2.38. The van der Waals surface area contributed by atoms with Gasteiger partial charge in [0.1, 0.15) is 5.69 Å². The molecule has 1 aromatic rings. The molecule has 1 atom stereocenters. The van der Waals surface area contributed by atoms with E-state index in [9.17, 15) is 19.2 Å². The Balaban J connectivity index is 2.40. The number of carbonyl (C=O) groups is 2. The van der Waals surface area contributed by atoms with Crippen LogP contribution in [-0.4, -0.2) is 56.8 Å². The van der Waals surface area contributed by atoms with E-state index in [1.54, 1.807) is 0 Å². The summed E-state index contributed by atoms with van der Waals surface area (Å²) in [6.07, 6.45) is -0.259. The number of carbonyl (C=O) groups excluding carboxylic acids is 1. The van der Waals surface area contributed by atoms with E-state index in [4.69, 9.17) is 9.84 Å². The molecule has 0 aliphatic carbocycles. The quantitative estimate of drug-likeness (QED) is 0.720. The minimum absolute atomic E-state index is 0.0645. The molecule has 0 radical (unpaired) electrons. The number of rotatable bonds is 3. The number of hydrogen-bond donors (Lipinski definition) is 1. The first-order valence-electron chi connectivity index (χ1n) is 6.70. The minimum Gasteiger partial charge on any atom is -0.481 e. The van der Waals surface area contributed by atoms with Crippen molar-refractivity contribution >= 4 is 11.9 Å². The van der Waals surface area contributed by atoms with Crippen molar-refractivity contribution in [2.45, 2.75) is 12.5 Å². The normalized spacial score (nSPS) is 18.3. The minimum atomic E-state index is -1.05. The van der Waals surface area contributed by atoms with E-state index >= 15 is 0 Å². The molecule has 0 aromatic carbocycles. The van der Waals surface area contributed by atoms with Gasteiger partial charge in [-0.3, -0.25) is 23.5 Å². The van der Waals surface area contributed by atoms with E-state index in [0.29, 0.717) is 0 Å². The van der Waals surface area contributed by atoms with Crippen molar-refractivity contribution < 1.29 is 19.4 Å². The first-order chi connectivity index (χ1) is 10.3. The predicted octanol–water partition coefficient (Wildman–Crippen LogP) is -1.60. The van der Waals surface area contributed by atoms with Gasteiger partial charge >= 0.3 is 11.7 Å². The number of carboxylic acid groups (broad SMARTS) is 1. The highest BCUT2D eigenvalue weighted by Crippen LogP contribution is 2.14. The van der Waals surface area contributed by atoms with Crippen LogP contribution in [0.2, 0.25) is 0 Å². The third-order valence-corrected chi connectivity index (χ3v) is 3.64. The maximum absolute atomic E-state index is 12.6. The topological polar surface area (TPSA) is 111 Å². The molecule has 1 unspecified atom stereocenters. The van der Waals surface area contributed by atoms with Gasteiger partial charge in [0.25, 0.3) is 11.5 Å². The second-order valence-corrected chi connectivity index (χ2v) is 5.09. The van der Waals surface area contributed by atoms with Crippen LogP contribution in [0.4, 0.5) is 0 Å². The Morgan fingerprint density at radius 3 is 2.64 bits per heavy atom. The highest BCUT2D eigenvalue weighted by atomic mass is 16.5. The zero-order chi connectivity index (χ0) is 16.4. The first-order valence-corrected chi connectivity index (χ1v) is 6.70. The Hall–Kier alpha value is -2.42. The van der Waals surface area contributed by atoms with Crippen LogP contribution in [0.25, 0.3) is 0 Å². The number of nitrogens with zero attached hydrogens (tertiary/aromatic N) is 3. The molecule has 2 rings (SSSR count). The van der Waals surface area contributed by atoms with Gasteiger partial charge in [-0.15, -0.1) is 0 Å². The summed E-state index contributed by atoms with van der Waals surface area (Å²) in [5.41, 5.74) is -1.27. The maximum Gasteiger partial charge on any atom is 0.331 e. The molecule has 9 nitrogen and oxygen atoms in total. The lowest BCUT2D eigenvalue weighted by molar-refractivity contribution is -0.139. The van der Waals surface area contributed by atoms with E-state index in [-0.39, 0.29) is 31.9 Å². The second-order valence-electron chi connectivity index (χ2n) is 5.09. The van der Waals surface area contributed by atoms with E-state index in [0.717, 1.165) is 15.2 Å². The summed E-state index contributed by atoms with van der Waals surface area (Å²) >= 11 is 0. The van der Waals surface area contributed by atoms with Crippen LogP contribution in [0.5, 0.6) is 0 Å². The number of morpholine rings is 1. The number of carboxylic acids is 1. The summed E-state index contributed by atoms with van der Waals surface area (Å²) in [5, 5.41) is 8.91. The molecule has 1 amide bonds. The molecule has 1 saturated heterocycles. The van der Waals surface area contributed by atoms with Crippen LogP contribution in [-0.2, 0) is 23.6 Å². The second kappa shape index (κ2) is 6.14. The molecule has 22 heavy (non-hydrogen) atoms. The predicted molar refractivity (Wildman–Crippen MR) is 74.8 cm³/mol. The van der Waals surface area contributed by atoms with Crippen molar-refractivity contribution in [1.29, 1.82) is 0 Å². The van der Waals surface area contributed by atoms with Gasteiger partial charge in [-0.05, 0) is 0 Å². The molecule has 1 aromatic heterocycles. The number of ether oxygens (including phenoxy) is 1. The highest BCUT2D eigenvalue weighted by Gasteiger charge is 2.31. The van der Waals surface area contributed by atoms with Gasteiger partial charge in [0.15, 0.2) is 0 Å². The van der Waals surface area contributed by atoms with Crippen LogP contribution in [0, 0.1) is 0 Å². The SMILES string of the molecule is Cn1c(C(=O)N2CCOCC2CC(=O)O)cc(=O)n(C)c1=O. The van der Waals surface area contributed by atoms with Gasteiger partial charge in [-0.2, -0.15) is 0 Å². The van der Waals surface area contributed by atoms with Crippen LogP contribution in [0.15, 0.2) is 15.7 Å². The van der Waals surface area contributed by atoms with Crippen LogP contribution < -0.4 is 11.2 Å². The number of amides is 1. The van der Waals surface area contributed by atoms with E-state index in [2.05, 4.69) is 0 Å². The molecule has 9 heteroatoms. The molecule has 120 valence electrons. The standard InChI is InChI=1S/C13H17N3O6/c1-14-9(6-10(17)15(2)13(14)21)12(20)16-3-4-22-7-8(16)5-11(18)19/h6,8H,3-5,7H2,1-2H3,(H,18,19). The summed E-state index contributed by atoms with van der Waals surface area (Å²) in [7, 11) is 2.71. The van der Waals surface area contributed by atoms with E-state index < -0.39 is 29.2 Å². The lowest BCUT2D eigenvalue weighted by Crippen LogP contribution is -2.51. The molecular formula is C13H17N3O6. The smallest absolute Gasteiger partial charge is 0.331 e. The van der Waals surface area contributed by atoms with Crippen LogP contribution >= 0.6 is 0 Å². The number of hydrogen-bond acceptors (Lipinski definition) is 5. The van der Waals surface area contributed by atoms with Crippen molar-refractivity contribution in [2.75, 3.05) is 19.8 Å². The zero-order valence-electron chi connectivity index (χ0n) is 12.3. The summed E-state index contributed by atoms with van der Waals surface area (Å²) in [4.78, 5) is 48.4. The largest absolute Gasteiger partial charge is 0.481 e. The van der Waals surface area contributed by atoms with E-state index in [1.165, 1.54) is 19.0 Å². The molecule has 0 saturated carbocycles. The third-order valence-electron chi connectivity index (χ3n) is 3.64. The molecule has 0 spiro atoms. The summed E-state index contributed by atoms with van der Waals surface area (Å²) in [6.45, 7) is 0.595. The maximum atomic E-state index is 12.6. The van der Waals surface area contributed by atoms with Crippen LogP contribution in [0.1, 0.15) is 16.9 Å². The summed E-state index contributed by atoms with van der Waals surface area (Å²) < 4.78 is 7.18. The summed E-state index contributed by atoms with van der Waals surface area (Å²) in [5.74, 6) is -1.60. The fourth-order valence-corrected chi connectivity index (χ4v) is 2.38. The molecule has 0 bridgehead atoms. The molecule has 1 N–H and O–H groups in total. The van der Waals surface area contributed by atoms with Gasteiger partial charge in [0.2, 0.25) is 0 Å². The number of aliphatic carboxylic acids is 1. The van der Waals surface area contributed by atoms with Crippen molar-refractivity contribution in [1.82, 2.24) is 14.0 Å². The third kappa shape index (κ3) is 2.93. The number of aromatic nitrogens is 2. The van der Waals surface area contributed by atoms with Gasteiger partial charge in [0, 0.05) is 26.7 Å². The first kappa shape index (κ1) is 16.0. The monoisotopic (exact) mass is 311 g/mol. The average molecular weight is 311 g/mol. The summed E-state index contributed by atoms with van der Waals surface area (Å²) in [6, 6.07) is 0.453. The lowest BCUT2D eigenvalue weighted by atomic mass is 10.1. The Bertz CT molecular complexity index is 719. The Morgan fingerprint density at radius 1 is 1.32 bits per heavy atom. The van der Waals surface area contributed by atoms with E-state index in [1.807, 2.05) is 0 Å². The van der Waals surface area contributed by atoms with Gasteiger partial charge < -0.3 is 14.7 Å². The average Bonchev–Trinajstić information content (AvgIpc) is 2.48. The Kier molecular flexibility index (Phi) is 4.45. The molecule has 2 heterocycles. The molecular weight excluding hydrogens is 294 g/mol. The zero-order valence-corrected chi connectivity index (χ0v) is 12.3. The highest BCUT2D eigenvalue weighted by molar-refractivity contribution is 5.93. The Morgan fingerprint density at radius 2 is 2.00 bits per heavy atom. The fraction of sp³-hybridized carbons (Fsp3) is 0.538. The van der Waals surface area contributed by atoms with Gasteiger partial charge in [-0.25, -0.2) is 4.79 Å². The van der Waals surface area contributed by atoms with Crippen molar-refractivity contribution in [2.24, 2.45) is 14.1 Å². The van der Waals surface area contributed by atoms with Crippen molar-refractivity contribution in [3.05, 3.63) is 32.6 Å². The molecule has 1 aliphatic rings. The van der Waals surface area contributed by atoms with Crippen molar-refractivity contribution in [3.63, 3.8) is 0 Å². The van der Waals surface area contributed by atoms with Crippen molar-refractivity contribution in [3.8, 4) is 0 Å². The van der Waals surface area contributed by atoms with Gasteiger partial charge in [0.05, 0.1) is 25.7 Å².